The van der Waals surface area contributed by atoms with Gasteiger partial charge in [0, 0.05) is 28.6 Å². The predicted octanol–water partition coefficient (Wildman–Crippen LogP) is 3.99. The Labute approximate surface area is 203 Å². The van der Waals surface area contributed by atoms with E-state index in [0.29, 0.717) is 34.5 Å². The van der Waals surface area contributed by atoms with Crippen molar-refractivity contribution in [1.29, 1.82) is 0 Å². The van der Waals surface area contributed by atoms with Crippen LogP contribution in [-0.4, -0.2) is 30.7 Å². The fourth-order valence-corrected chi connectivity index (χ4v) is 5.01. The van der Waals surface area contributed by atoms with E-state index in [1.54, 1.807) is 54.6 Å². The van der Waals surface area contributed by atoms with Crippen LogP contribution in [0.15, 0.2) is 71.8 Å². The van der Waals surface area contributed by atoms with Gasteiger partial charge in [-0.05, 0) is 30.3 Å². The normalized spacial score (nSPS) is 11.1. The van der Waals surface area contributed by atoms with Gasteiger partial charge in [0.25, 0.3) is 5.91 Å². The molecule has 0 unspecified atom stereocenters. The highest BCUT2D eigenvalue weighted by molar-refractivity contribution is 7.89. The molecule has 9 nitrogen and oxygen atoms in total. The molecule has 172 valence electrons. The number of anilines is 2. The highest BCUT2D eigenvalue weighted by Gasteiger charge is 2.20. The number of amides is 2. The number of benzene rings is 2. The number of nitrogens with two attached hydrogens (primary N) is 1. The number of halogens is 1. The molecule has 12 heteroatoms. The van der Waals surface area contributed by atoms with Crippen molar-refractivity contribution >= 4 is 56.8 Å². The molecule has 0 aliphatic carbocycles. The van der Waals surface area contributed by atoms with E-state index in [9.17, 15) is 18.0 Å². The molecule has 4 aromatic rings. The van der Waals surface area contributed by atoms with Crippen molar-refractivity contribution in [3.8, 4) is 22.4 Å². The van der Waals surface area contributed by atoms with Gasteiger partial charge < -0.3 is 10.6 Å². The Kier molecular flexibility index (Phi) is 6.70. The molecule has 4 rings (SSSR count). The van der Waals surface area contributed by atoms with E-state index in [1.165, 1.54) is 12.3 Å². The number of hydrogen-bond donors (Lipinski definition) is 3. The lowest BCUT2D eigenvalue weighted by Gasteiger charge is -2.09. The Morgan fingerprint density at radius 2 is 1.85 bits per heavy atom. The first kappa shape index (κ1) is 23.5. The quantitative estimate of drug-likeness (QED) is 0.319. The first-order chi connectivity index (χ1) is 16.3. The van der Waals surface area contributed by atoms with Crippen molar-refractivity contribution in [3.63, 3.8) is 0 Å². The molecule has 0 fully saturated rings. The summed E-state index contributed by atoms with van der Waals surface area (Å²) in [5.41, 5.74) is 2.42. The first-order valence-electron chi connectivity index (χ1n) is 9.63. The molecule has 2 aromatic carbocycles. The molecule has 4 N–H and O–H groups in total. The van der Waals surface area contributed by atoms with Gasteiger partial charge in [-0.15, -0.1) is 0 Å². The molecule has 34 heavy (non-hydrogen) atoms. The second kappa shape index (κ2) is 9.69. The maximum absolute atomic E-state index is 13.0. The van der Waals surface area contributed by atoms with Gasteiger partial charge in [-0.2, -0.15) is 0 Å². The molecule has 2 aromatic heterocycles. The van der Waals surface area contributed by atoms with Crippen molar-refractivity contribution in [2.24, 2.45) is 5.14 Å². The summed E-state index contributed by atoms with van der Waals surface area (Å²) >= 11 is 7.09. The zero-order chi connectivity index (χ0) is 24.3. The zero-order valence-corrected chi connectivity index (χ0v) is 19.6. The van der Waals surface area contributed by atoms with Crippen LogP contribution in [0.2, 0.25) is 4.47 Å². The highest BCUT2D eigenvalue weighted by Crippen LogP contribution is 2.33. The molecule has 2 heterocycles. The van der Waals surface area contributed by atoms with E-state index in [4.69, 9.17) is 16.7 Å². The molecule has 0 spiro atoms. The highest BCUT2D eigenvalue weighted by atomic mass is 35.5. The van der Waals surface area contributed by atoms with Crippen molar-refractivity contribution in [2.75, 3.05) is 10.6 Å². The molecule has 0 bridgehead atoms. The molecule has 0 aliphatic rings. The number of pyridine rings is 1. The minimum atomic E-state index is -3.92. The number of thiazole rings is 1. The summed E-state index contributed by atoms with van der Waals surface area (Å²) in [7, 11) is -3.92. The van der Waals surface area contributed by atoms with E-state index >= 15 is 0 Å². The maximum Gasteiger partial charge on any atom is 0.269 e. The molecule has 0 radical (unpaired) electrons. The van der Waals surface area contributed by atoms with Gasteiger partial charge in [-0.1, -0.05) is 53.3 Å². The number of sulfonamides is 1. The average Bonchev–Trinajstić information content (AvgIpc) is 3.21. The fourth-order valence-electron chi connectivity index (χ4n) is 3.22. The third kappa shape index (κ3) is 5.13. The van der Waals surface area contributed by atoms with Crippen LogP contribution in [0.1, 0.15) is 9.67 Å². The minimum absolute atomic E-state index is 0.0242. The largest absolute Gasteiger partial charge is 0.329 e. The van der Waals surface area contributed by atoms with Gasteiger partial charge in [0.2, 0.25) is 16.4 Å². The van der Waals surface area contributed by atoms with Crippen LogP contribution in [0.25, 0.3) is 22.4 Å². The lowest BCUT2D eigenvalue weighted by molar-refractivity contribution is -0.105. The summed E-state index contributed by atoms with van der Waals surface area (Å²) in [6.45, 7) is 0. The number of carbonyl (C=O) groups excluding carboxylic acids is 2. The smallest absolute Gasteiger partial charge is 0.269 e. The standard InChI is InChI=1S/C22H16ClN5O4S2/c23-22-28-19(13-4-3-5-15(10-13)26-12-29)20(33-22)21(30)27-18-9-8-14(11-25-18)16-6-1-2-7-17(16)34(24,31)32/h1-12H,(H,26,29)(H2,24,31,32)(H,25,27,30). The Bertz CT molecular complexity index is 1490. The number of hydrogen-bond acceptors (Lipinski definition) is 7. The summed E-state index contributed by atoms with van der Waals surface area (Å²) in [4.78, 5) is 32.4. The van der Waals surface area contributed by atoms with Gasteiger partial charge >= 0.3 is 0 Å². The Hall–Kier alpha value is -3.64. The summed E-state index contributed by atoms with van der Waals surface area (Å²) in [5.74, 6) is -0.230. The Morgan fingerprint density at radius 3 is 2.56 bits per heavy atom. The van der Waals surface area contributed by atoms with E-state index in [2.05, 4.69) is 20.6 Å². The average molecular weight is 514 g/mol. The van der Waals surface area contributed by atoms with E-state index in [-0.39, 0.29) is 20.1 Å². The van der Waals surface area contributed by atoms with E-state index in [0.717, 1.165) is 11.3 Å². The molecule has 0 atom stereocenters. The van der Waals surface area contributed by atoms with Crippen molar-refractivity contribution < 1.29 is 18.0 Å². The Morgan fingerprint density at radius 1 is 1.06 bits per heavy atom. The second-order valence-corrected chi connectivity index (χ2v) is 10.0. The van der Waals surface area contributed by atoms with Crippen molar-refractivity contribution in [2.45, 2.75) is 4.90 Å². The number of nitrogens with zero attached hydrogens (tertiary/aromatic N) is 2. The van der Waals surface area contributed by atoms with E-state index < -0.39 is 15.9 Å². The number of primary sulfonamides is 1. The van der Waals surface area contributed by atoms with Crippen LogP contribution in [0, 0.1) is 0 Å². The van der Waals surface area contributed by atoms with Crippen LogP contribution in [-0.2, 0) is 14.8 Å². The van der Waals surface area contributed by atoms with Gasteiger partial charge in [-0.25, -0.2) is 23.5 Å². The molecular formula is C22H16ClN5O4S2. The summed E-state index contributed by atoms with van der Waals surface area (Å²) < 4.78 is 23.9. The third-order valence-electron chi connectivity index (χ3n) is 4.68. The predicted molar refractivity (Wildman–Crippen MR) is 131 cm³/mol. The van der Waals surface area contributed by atoms with Gasteiger partial charge in [0.1, 0.15) is 10.7 Å². The molecule has 0 aliphatic heterocycles. The van der Waals surface area contributed by atoms with Crippen LogP contribution in [0.4, 0.5) is 11.5 Å². The molecule has 2 amide bonds. The lowest BCUT2D eigenvalue weighted by atomic mass is 10.1. The topological polar surface area (TPSA) is 144 Å². The number of aromatic nitrogens is 2. The maximum atomic E-state index is 13.0. The number of nitrogens with one attached hydrogen (secondary N) is 2. The third-order valence-corrected chi connectivity index (χ3v) is 6.81. The number of rotatable bonds is 7. The van der Waals surface area contributed by atoms with Crippen molar-refractivity contribution in [1.82, 2.24) is 9.97 Å². The fraction of sp³-hybridized carbons (Fsp3) is 0. The minimum Gasteiger partial charge on any atom is -0.329 e. The molecular weight excluding hydrogens is 498 g/mol. The number of carbonyl (C=O) groups is 2. The van der Waals surface area contributed by atoms with Gasteiger partial charge in [-0.3, -0.25) is 9.59 Å². The second-order valence-electron chi connectivity index (χ2n) is 6.91. The molecule has 0 saturated carbocycles. The van der Waals surface area contributed by atoms with Crippen LogP contribution >= 0.6 is 22.9 Å². The summed E-state index contributed by atoms with van der Waals surface area (Å²) in [6.07, 6.45) is 1.99. The zero-order valence-electron chi connectivity index (χ0n) is 17.2. The Balaban J connectivity index is 1.60. The van der Waals surface area contributed by atoms with Crippen LogP contribution in [0.5, 0.6) is 0 Å². The molecule has 0 saturated heterocycles. The van der Waals surface area contributed by atoms with Gasteiger partial charge in [0.05, 0.1) is 10.6 Å². The van der Waals surface area contributed by atoms with Crippen LogP contribution in [0.3, 0.4) is 0 Å². The lowest BCUT2D eigenvalue weighted by Crippen LogP contribution is -2.14. The summed E-state index contributed by atoms with van der Waals surface area (Å²) in [5, 5.41) is 10.5. The summed E-state index contributed by atoms with van der Waals surface area (Å²) in [6, 6.07) is 16.3. The SMILES string of the molecule is NS(=O)(=O)c1ccccc1-c1ccc(NC(=O)c2sc(Cl)nc2-c2cccc(NC=O)c2)nc1. The van der Waals surface area contributed by atoms with Gasteiger partial charge in [0.15, 0.2) is 4.47 Å². The monoisotopic (exact) mass is 513 g/mol. The van der Waals surface area contributed by atoms with E-state index in [1.807, 2.05) is 0 Å². The van der Waals surface area contributed by atoms with Crippen molar-refractivity contribution in [3.05, 3.63) is 76.2 Å². The van der Waals surface area contributed by atoms with Crippen LogP contribution < -0.4 is 15.8 Å². The first-order valence-corrected chi connectivity index (χ1v) is 12.4.